The Hall–Kier alpha value is -4.59. The first-order valence-electron chi connectivity index (χ1n) is 14.0. The van der Waals surface area contributed by atoms with E-state index in [2.05, 4.69) is 0 Å². The third-order valence-electron chi connectivity index (χ3n) is 8.20. The van der Waals surface area contributed by atoms with Gasteiger partial charge in [0.15, 0.2) is 0 Å². The smallest absolute Gasteiger partial charge is 0.304 e. The Morgan fingerprint density at radius 3 is 2.60 bits per heavy atom. The lowest BCUT2D eigenvalue weighted by Gasteiger charge is -2.19. The second-order valence-electron chi connectivity index (χ2n) is 11.1. The fourth-order valence-electron chi connectivity index (χ4n) is 6.18. The van der Waals surface area contributed by atoms with Crippen molar-refractivity contribution in [3.05, 3.63) is 110 Å². The van der Waals surface area contributed by atoms with E-state index in [-0.39, 0.29) is 30.3 Å². The number of hydrogen-bond donors (Lipinski definition) is 1. The molecular weight excluding hydrogens is 537 g/mol. The van der Waals surface area contributed by atoms with E-state index in [9.17, 15) is 9.59 Å². The van der Waals surface area contributed by atoms with Gasteiger partial charge in [0, 0.05) is 42.4 Å². The van der Waals surface area contributed by atoms with Crippen molar-refractivity contribution in [2.75, 3.05) is 6.61 Å². The quantitative estimate of drug-likeness (QED) is 0.264. The molecule has 1 aliphatic carbocycles. The Kier molecular flexibility index (Phi) is 7.22. The third kappa shape index (κ3) is 5.24. The van der Waals surface area contributed by atoms with Crippen molar-refractivity contribution in [1.82, 2.24) is 4.57 Å². The van der Waals surface area contributed by atoms with Crippen LogP contribution in [0.1, 0.15) is 58.2 Å². The average molecular weight is 570 g/mol. The molecule has 2 aliphatic rings. The molecule has 1 aliphatic heterocycles. The van der Waals surface area contributed by atoms with E-state index in [4.69, 9.17) is 19.3 Å². The number of pyridine rings is 1. The molecule has 1 aromatic heterocycles. The predicted molar refractivity (Wildman–Crippen MR) is 156 cm³/mol. The maximum Gasteiger partial charge on any atom is 0.304 e. The molecule has 7 nitrogen and oxygen atoms in total. The van der Waals surface area contributed by atoms with Crippen molar-refractivity contribution in [3.8, 4) is 28.4 Å². The minimum atomic E-state index is -0.862. The molecule has 4 aromatic rings. The summed E-state index contributed by atoms with van der Waals surface area (Å²) in [6.07, 6.45) is 2.60. The highest BCUT2D eigenvalue weighted by Gasteiger charge is 2.32. The number of ether oxygens (including phenoxy) is 3. The largest absolute Gasteiger partial charge is 0.492 e. The molecule has 3 aromatic carbocycles. The molecule has 2 atom stereocenters. The van der Waals surface area contributed by atoms with Crippen LogP contribution in [0, 0.1) is 19.7 Å². The highest BCUT2D eigenvalue weighted by Crippen LogP contribution is 2.45. The zero-order valence-electron chi connectivity index (χ0n) is 23.8. The molecule has 6 rings (SSSR count). The molecule has 216 valence electrons. The number of aromatic nitrogens is 1. The Labute approximate surface area is 243 Å². The van der Waals surface area contributed by atoms with E-state index in [1.807, 2.05) is 50.2 Å². The lowest BCUT2D eigenvalue weighted by molar-refractivity contribution is -0.137. The maximum absolute atomic E-state index is 15.3. The lowest BCUT2D eigenvalue weighted by atomic mass is 9.90. The first kappa shape index (κ1) is 27.6. The highest BCUT2D eigenvalue weighted by molar-refractivity contribution is 5.76. The van der Waals surface area contributed by atoms with E-state index in [0.717, 1.165) is 38.9 Å². The van der Waals surface area contributed by atoms with Crippen molar-refractivity contribution in [2.45, 2.75) is 51.7 Å². The lowest BCUT2D eigenvalue weighted by Crippen LogP contribution is -2.15. The fourth-order valence-corrected chi connectivity index (χ4v) is 6.18. The normalized spacial score (nSPS) is 17.0. The number of fused-ring (bicyclic) bond motifs is 2. The van der Waals surface area contributed by atoms with Gasteiger partial charge in [-0.15, -0.1) is 0 Å². The zero-order chi connectivity index (χ0) is 29.5. The highest BCUT2D eigenvalue weighted by atomic mass is 19.1. The van der Waals surface area contributed by atoms with Gasteiger partial charge in [0.2, 0.25) is 0 Å². The maximum atomic E-state index is 15.3. The van der Waals surface area contributed by atoms with Crippen molar-refractivity contribution >= 4 is 5.97 Å². The molecule has 0 saturated heterocycles. The number of aryl methyl sites for hydroxylation is 3. The minimum absolute atomic E-state index is 0.0113. The van der Waals surface area contributed by atoms with E-state index >= 15 is 4.39 Å². The van der Waals surface area contributed by atoms with E-state index < -0.39 is 12.1 Å². The monoisotopic (exact) mass is 569 g/mol. The van der Waals surface area contributed by atoms with E-state index in [1.54, 1.807) is 25.4 Å². The number of hydrogen-bond acceptors (Lipinski definition) is 5. The van der Waals surface area contributed by atoms with Crippen LogP contribution < -0.4 is 19.8 Å². The van der Waals surface area contributed by atoms with Gasteiger partial charge in [-0.25, -0.2) is 4.39 Å². The third-order valence-corrected chi connectivity index (χ3v) is 8.20. The van der Waals surface area contributed by atoms with Crippen LogP contribution in [0.4, 0.5) is 4.39 Å². The summed E-state index contributed by atoms with van der Waals surface area (Å²) < 4.78 is 34.9. The van der Waals surface area contributed by atoms with Gasteiger partial charge in [0.05, 0.1) is 13.0 Å². The van der Waals surface area contributed by atoms with Crippen LogP contribution in [-0.4, -0.2) is 22.2 Å². The molecule has 0 spiro atoms. The van der Waals surface area contributed by atoms with Crippen LogP contribution >= 0.6 is 0 Å². The summed E-state index contributed by atoms with van der Waals surface area (Å²) >= 11 is 0. The van der Waals surface area contributed by atoms with Gasteiger partial charge in [0.25, 0.3) is 5.56 Å². The molecule has 8 heteroatoms. The van der Waals surface area contributed by atoms with Gasteiger partial charge in [-0.3, -0.25) is 9.59 Å². The molecule has 1 N–H and O–H groups in total. The van der Waals surface area contributed by atoms with Crippen molar-refractivity contribution in [3.63, 3.8) is 0 Å². The topological polar surface area (TPSA) is 87.0 Å². The number of nitrogens with zero attached hydrogens (tertiary/aromatic N) is 1. The van der Waals surface area contributed by atoms with Gasteiger partial charge in [-0.2, -0.15) is 0 Å². The van der Waals surface area contributed by atoms with Crippen LogP contribution in [0.3, 0.4) is 0 Å². The van der Waals surface area contributed by atoms with Gasteiger partial charge < -0.3 is 23.9 Å². The summed E-state index contributed by atoms with van der Waals surface area (Å²) in [6, 6.07) is 16.2. The van der Waals surface area contributed by atoms with Gasteiger partial charge in [0.1, 0.15) is 35.8 Å². The second kappa shape index (κ2) is 11.0. The molecule has 2 heterocycles. The predicted octanol–water partition coefficient (Wildman–Crippen LogP) is 6.40. The first-order chi connectivity index (χ1) is 20.2. The van der Waals surface area contributed by atoms with Crippen LogP contribution in [-0.2, 0) is 24.9 Å². The molecule has 0 radical (unpaired) electrons. The summed E-state index contributed by atoms with van der Waals surface area (Å²) in [4.78, 5) is 23.1. The van der Waals surface area contributed by atoms with Crippen molar-refractivity contribution in [1.29, 1.82) is 0 Å². The van der Waals surface area contributed by atoms with Gasteiger partial charge in [-0.05, 0) is 90.4 Å². The number of carboxylic acid groups (broad SMARTS) is 1. The summed E-state index contributed by atoms with van der Waals surface area (Å²) in [5.41, 5.74) is 7.15. The molecule has 0 bridgehead atoms. The number of benzene rings is 3. The van der Waals surface area contributed by atoms with E-state index in [0.29, 0.717) is 42.3 Å². The number of carbonyl (C=O) groups is 1. The molecule has 0 amide bonds. The number of aliphatic carboxylic acids is 1. The van der Waals surface area contributed by atoms with Crippen molar-refractivity contribution < 1.29 is 28.5 Å². The summed E-state index contributed by atoms with van der Waals surface area (Å²) in [5.74, 6) is 0.554. The van der Waals surface area contributed by atoms with Crippen LogP contribution in [0.5, 0.6) is 17.2 Å². The summed E-state index contributed by atoms with van der Waals surface area (Å²) in [7, 11) is 1.71. The van der Waals surface area contributed by atoms with E-state index in [1.165, 1.54) is 10.6 Å². The molecule has 0 saturated carbocycles. The fraction of sp³-hybridized carbons (Fsp3) is 0.294. The van der Waals surface area contributed by atoms with Crippen LogP contribution in [0.25, 0.3) is 11.1 Å². The van der Waals surface area contributed by atoms with Crippen LogP contribution in [0.15, 0.2) is 65.6 Å². The number of rotatable bonds is 8. The molecule has 0 fully saturated rings. The molecule has 1 unspecified atom stereocenters. The minimum Gasteiger partial charge on any atom is -0.492 e. The van der Waals surface area contributed by atoms with Gasteiger partial charge in [-0.1, -0.05) is 12.1 Å². The Morgan fingerprint density at radius 2 is 1.86 bits per heavy atom. The number of carboxylic acids is 1. The Bertz CT molecular complexity index is 1740. The standard InChI is InChI=1S/C34H32FNO6/c1-19-12-24(40-17-21-10-11-36(3)31(37)14-21)13-20(2)33(19)26-6-8-28(35)34-27(26)7-9-29(34)42-23-4-5-25-22(15-32(38)39)18-41-30(25)16-23/h4-6,8,10-14,16,22,29H,7,9,15,17-18H2,1-3H3,(H,38,39)/t22-,29?/m1/s1. The van der Waals surface area contributed by atoms with Gasteiger partial charge >= 0.3 is 5.97 Å². The van der Waals surface area contributed by atoms with Crippen LogP contribution in [0.2, 0.25) is 0 Å². The summed E-state index contributed by atoms with van der Waals surface area (Å²) in [6.45, 7) is 4.65. The molecular formula is C34H32FNO6. The zero-order valence-corrected chi connectivity index (χ0v) is 23.8. The average Bonchev–Trinajstić information content (AvgIpc) is 3.54. The second-order valence-corrected chi connectivity index (χ2v) is 11.1. The first-order valence-corrected chi connectivity index (χ1v) is 14.0. The summed E-state index contributed by atoms with van der Waals surface area (Å²) in [5, 5.41) is 9.17. The SMILES string of the molecule is Cc1cc(OCc2ccn(C)c(=O)c2)cc(C)c1-c1ccc(F)c2c1CCC2Oc1ccc2c(c1)OC[C@H]2CC(=O)O. The molecule has 42 heavy (non-hydrogen) atoms. The Balaban J connectivity index is 1.24. The number of halogens is 1. The Morgan fingerprint density at radius 1 is 1.07 bits per heavy atom. The van der Waals surface area contributed by atoms with Crippen molar-refractivity contribution in [2.24, 2.45) is 7.05 Å².